The van der Waals surface area contributed by atoms with Gasteiger partial charge in [-0.2, -0.15) is 0 Å². The number of nitrogens with one attached hydrogen (secondary N) is 2. The molecule has 0 radical (unpaired) electrons. The molecule has 0 bridgehead atoms. The molecule has 0 aliphatic heterocycles. The predicted molar refractivity (Wildman–Crippen MR) is 116 cm³/mol. The number of benzene rings is 2. The van der Waals surface area contributed by atoms with Gasteiger partial charge in [-0.25, -0.2) is 14.5 Å². The molecule has 0 saturated heterocycles. The largest absolute Gasteiger partial charge is 0.497 e. The van der Waals surface area contributed by atoms with Crippen molar-refractivity contribution >= 4 is 40.6 Å². The second-order valence-electron chi connectivity index (χ2n) is 6.19. The van der Waals surface area contributed by atoms with Crippen LogP contribution in [0.5, 0.6) is 5.75 Å². The lowest BCUT2D eigenvalue weighted by Crippen LogP contribution is -2.15. The Balaban J connectivity index is 1.62. The standard InChI is InChI=1S/C20H16ClN5O3S/c1-29-13-6-4-5-12(9-13)19-23-16-10-17(27)25-26(16)20(24-19)30-11-18(28)22-15-8-3-2-7-14(15)21/h2-10H,11H2,1H3,(H,22,28)(H,25,27). The van der Waals surface area contributed by atoms with Crippen LogP contribution in [0, 0.1) is 0 Å². The molecule has 0 saturated carbocycles. The number of hydrogen-bond donors (Lipinski definition) is 2. The van der Waals surface area contributed by atoms with Crippen molar-refractivity contribution in [3.8, 4) is 17.1 Å². The molecule has 2 aromatic heterocycles. The molecule has 30 heavy (non-hydrogen) atoms. The van der Waals surface area contributed by atoms with Crippen LogP contribution < -0.4 is 15.6 Å². The van der Waals surface area contributed by atoms with E-state index in [0.29, 0.717) is 33.1 Å². The van der Waals surface area contributed by atoms with Gasteiger partial charge in [0, 0.05) is 11.6 Å². The van der Waals surface area contributed by atoms with Gasteiger partial charge < -0.3 is 10.1 Å². The van der Waals surface area contributed by atoms with E-state index in [9.17, 15) is 9.59 Å². The molecule has 0 fully saturated rings. The van der Waals surface area contributed by atoms with E-state index in [0.717, 1.165) is 5.56 Å². The maximum absolute atomic E-state index is 12.4. The highest BCUT2D eigenvalue weighted by molar-refractivity contribution is 7.99. The van der Waals surface area contributed by atoms with Gasteiger partial charge >= 0.3 is 0 Å². The molecule has 2 heterocycles. The SMILES string of the molecule is COc1cccc(-c2nc(SCC(=O)Nc3ccccc3Cl)n3[nH]c(=O)cc3n2)c1. The van der Waals surface area contributed by atoms with E-state index in [1.807, 2.05) is 18.2 Å². The highest BCUT2D eigenvalue weighted by Crippen LogP contribution is 2.25. The molecule has 2 N–H and O–H groups in total. The predicted octanol–water partition coefficient (Wildman–Crippen LogP) is 3.48. The van der Waals surface area contributed by atoms with E-state index < -0.39 is 0 Å². The number of halogens is 1. The number of hydrogen-bond acceptors (Lipinski definition) is 6. The number of nitrogens with zero attached hydrogens (tertiary/aromatic N) is 3. The third-order valence-corrected chi connectivity index (χ3v) is 5.40. The number of carbonyl (C=O) groups is 1. The van der Waals surface area contributed by atoms with Crippen LogP contribution in [0.2, 0.25) is 5.02 Å². The van der Waals surface area contributed by atoms with Gasteiger partial charge in [-0.05, 0) is 24.3 Å². The fraction of sp³-hybridized carbons (Fsp3) is 0.100. The van der Waals surface area contributed by atoms with Crippen molar-refractivity contribution in [3.05, 3.63) is 70.0 Å². The molecule has 152 valence electrons. The van der Waals surface area contributed by atoms with E-state index >= 15 is 0 Å². The van der Waals surface area contributed by atoms with E-state index in [1.165, 1.54) is 22.3 Å². The summed E-state index contributed by atoms with van der Waals surface area (Å²) in [4.78, 5) is 33.2. The molecule has 0 unspecified atom stereocenters. The Morgan fingerprint density at radius 3 is 2.83 bits per heavy atom. The van der Waals surface area contributed by atoms with Gasteiger partial charge in [-0.15, -0.1) is 0 Å². The zero-order chi connectivity index (χ0) is 21.1. The molecule has 2 aromatic carbocycles. The van der Waals surface area contributed by atoms with Crippen LogP contribution in [-0.2, 0) is 4.79 Å². The Hall–Kier alpha value is -3.30. The molecule has 0 aliphatic rings. The van der Waals surface area contributed by atoms with Crippen molar-refractivity contribution in [2.45, 2.75) is 5.16 Å². The lowest BCUT2D eigenvalue weighted by molar-refractivity contribution is -0.113. The van der Waals surface area contributed by atoms with Crippen LogP contribution in [0.15, 0.2) is 64.5 Å². The van der Waals surface area contributed by atoms with Gasteiger partial charge in [0.15, 0.2) is 16.6 Å². The summed E-state index contributed by atoms with van der Waals surface area (Å²) in [7, 11) is 1.58. The van der Waals surface area contributed by atoms with Crippen molar-refractivity contribution < 1.29 is 9.53 Å². The lowest BCUT2D eigenvalue weighted by Gasteiger charge is -2.09. The number of carbonyl (C=O) groups excluding carboxylic acids is 1. The highest BCUT2D eigenvalue weighted by atomic mass is 35.5. The van der Waals surface area contributed by atoms with Crippen LogP contribution >= 0.6 is 23.4 Å². The number of aromatic nitrogens is 4. The first-order valence-electron chi connectivity index (χ1n) is 8.85. The maximum atomic E-state index is 12.4. The number of amides is 1. The Kier molecular flexibility index (Phi) is 5.73. The number of anilines is 1. The molecule has 0 atom stereocenters. The second-order valence-corrected chi connectivity index (χ2v) is 7.54. The van der Waals surface area contributed by atoms with Gasteiger partial charge in [0.05, 0.1) is 23.6 Å². The molecule has 10 heteroatoms. The van der Waals surface area contributed by atoms with Crippen molar-refractivity contribution in [1.29, 1.82) is 0 Å². The molecule has 1 amide bonds. The van der Waals surface area contributed by atoms with E-state index in [1.54, 1.807) is 37.4 Å². The van der Waals surface area contributed by atoms with Crippen LogP contribution in [0.1, 0.15) is 0 Å². The number of aromatic amines is 1. The second kappa shape index (κ2) is 8.60. The number of para-hydroxylation sites is 1. The summed E-state index contributed by atoms with van der Waals surface area (Å²) in [5.74, 6) is 0.893. The minimum atomic E-state index is -0.311. The van der Waals surface area contributed by atoms with Crippen molar-refractivity contribution in [3.63, 3.8) is 0 Å². The minimum Gasteiger partial charge on any atom is -0.497 e. The number of fused-ring (bicyclic) bond motifs is 1. The maximum Gasteiger partial charge on any atom is 0.266 e. The monoisotopic (exact) mass is 441 g/mol. The summed E-state index contributed by atoms with van der Waals surface area (Å²) in [5.41, 5.74) is 1.35. The third kappa shape index (κ3) is 4.32. The molecule has 0 aliphatic carbocycles. The van der Waals surface area contributed by atoms with Crippen LogP contribution in [-0.4, -0.2) is 38.4 Å². The number of rotatable bonds is 6. The fourth-order valence-electron chi connectivity index (χ4n) is 2.75. The van der Waals surface area contributed by atoms with Gasteiger partial charge in [-0.1, -0.05) is 47.6 Å². The first-order valence-corrected chi connectivity index (χ1v) is 10.2. The lowest BCUT2D eigenvalue weighted by atomic mass is 10.2. The number of ether oxygens (including phenoxy) is 1. The van der Waals surface area contributed by atoms with Crippen LogP contribution in [0.25, 0.3) is 17.0 Å². The van der Waals surface area contributed by atoms with Gasteiger partial charge in [0.1, 0.15) is 5.75 Å². The number of H-pyrrole nitrogens is 1. The molecular weight excluding hydrogens is 426 g/mol. The van der Waals surface area contributed by atoms with E-state index in [-0.39, 0.29) is 17.2 Å². The normalized spacial score (nSPS) is 10.9. The summed E-state index contributed by atoms with van der Waals surface area (Å²) >= 11 is 7.25. The zero-order valence-electron chi connectivity index (χ0n) is 15.8. The summed E-state index contributed by atoms with van der Waals surface area (Å²) in [6.07, 6.45) is 0. The van der Waals surface area contributed by atoms with Gasteiger partial charge in [-0.3, -0.25) is 14.7 Å². The summed E-state index contributed by atoms with van der Waals surface area (Å²) in [6.45, 7) is 0. The summed E-state index contributed by atoms with van der Waals surface area (Å²) < 4.78 is 6.72. The quantitative estimate of drug-likeness (QED) is 0.444. The molecule has 0 spiro atoms. The molecule has 4 rings (SSSR count). The summed E-state index contributed by atoms with van der Waals surface area (Å²) in [5, 5.41) is 6.29. The topological polar surface area (TPSA) is 101 Å². The van der Waals surface area contributed by atoms with Gasteiger partial charge in [0.2, 0.25) is 5.91 Å². The molecule has 4 aromatic rings. The van der Waals surface area contributed by atoms with Gasteiger partial charge in [0.25, 0.3) is 5.56 Å². The van der Waals surface area contributed by atoms with Crippen LogP contribution in [0.4, 0.5) is 5.69 Å². The molecule has 8 nitrogen and oxygen atoms in total. The van der Waals surface area contributed by atoms with Crippen molar-refractivity contribution in [2.24, 2.45) is 0 Å². The highest BCUT2D eigenvalue weighted by Gasteiger charge is 2.14. The first-order chi connectivity index (χ1) is 14.5. The third-order valence-electron chi connectivity index (χ3n) is 4.13. The average Bonchev–Trinajstić information content (AvgIpc) is 3.14. The Morgan fingerprint density at radius 2 is 2.03 bits per heavy atom. The summed E-state index contributed by atoms with van der Waals surface area (Å²) in [6, 6.07) is 15.7. The Bertz CT molecular complexity index is 1290. The molecular formula is C20H16ClN5O3S. The number of methoxy groups -OCH3 is 1. The number of thioether (sulfide) groups is 1. The Labute approximate surface area is 180 Å². The minimum absolute atomic E-state index is 0.0646. The zero-order valence-corrected chi connectivity index (χ0v) is 17.3. The van der Waals surface area contributed by atoms with Crippen molar-refractivity contribution in [2.75, 3.05) is 18.2 Å². The van der Waals surface area contributed by atoms with E-state index in [2.05, 4.69) is 20.4 Å². The average molecular weight is 442 g/mol. The Morgan fingerprint density at radius 1 is 1.20 bits per heavy atom. The smallest absolute Gasteiger partial charge is 0.266 e. The van der Waals surface area contributed by atoms with Crippen molar-refractivity contribution in [1.82, 2.24) is 19.6 Å². The van der Waals surface area contributed by atoms with Crippen LogP contribution in [0.3, 0.4) is 0 Å². The van der Waals surface area contributed by atoms with E-state index in [4.69, 9.17) is 16.3 Å². The fourth-order valence-corrected chi connectivity index (χ4v) is 3.69. The first kappa shape index (κ1) is 20.0.